The van der Waals surface area contributed by atoms with Gasteiger partial charge in [-0.1, -0.05) is 11.3 Å². The van der Waals surface area contributed by atoms with Crippen LogP contribution in [-0.2, 0) is 14.3 Å². The molecule has 0 aliphatic rings. The summed E-state index contributed by atoms with van der Waals surface area (Å²) in [5.41, 5.74) is 0.156. The first-order valence-electron chi connectivity index (χ1n) is 5.59. The van der Waals surface area contributed by atoms with Crippen LogP contribution in [0.1, 0.15) is 10.5 Å². The molecule has 0 aromatic carbocycles. The zero-order valence-electron chi connectivity index (χ0n) is 11.4. The lowest BCUT2D eigenvalue weighted by Gasteiger charge is -1.95. The Kier molecular flexibility index (Phi) is 6.08. The summed E-state index contributed by atoms with van der Waals surface area (Å²) in [5, 5.41) is 7.42. The fourth-order valence-corrected chi connectivity index (χ4v) is 1.12. The maximum absolute atomic E-state index is 11.1. The molecular weight excluding hydrogens is 276 g/mol. The number of terminal acetylenes is 1. The van der Waals surface area contributed by atoms with E-state index < -0.39 is 11.9 Å². The molecule has 2 aromatic heterocycles. The van der Waals surface area contributed by atoms with Crippen molar-refractivity contribution in [3.05, 3.63) is 36.3 Å². The number of aromatic nitrogens is 4. The van der Waals surface area contributed by atoms with E-state index in [-0.39, 0.29) is 5.69 Å². The molecule has 0 amide bonds. The maximum Gasteiger partial charge on any atom is 0.383 e. The van der Waals surface area contributed by atoms with E-state index in [2.05, 4.69) is 31.2 Å². The van der Waals surface area contributed by atoms with Crippen molar-refractivity contribution >= 4 is 11.9 Å². The van der Waals surface area contributed by atoms with Gasteiger partial charge < -0.3 is 9.47 Å². The second-order valence-electron chi connectivity index (χ2n) is 3.36. The van der Waals surface area contributed by atoms with Gasteiger partial charge in [0.2, 0.25) is 0 Å². The molecule has 0 atom stereocenters. The Morgan fingerprint density at radius 3 is 2.52 bits per heavy atom. The predicted octanol–water partition coefficient (Wildman–Crippen LogP) is 0.241. The number of rotatable bonds is 2. The summed E-state index contributed by atoms with van der Waals surface area (Å²) in [6.45, 7) is 0. The number of ether oxygens (including phenoxy) is 2. The third-order valence-corrected chi connectivity index (χ3v) is 2.08. The van der Waals surface area contributed by atoms with Crippen molar-refractivity contribution in [2.24, 2.45) is 0 Å². The van der Waals surface area contributed by atoms with Gasteiger partial charge in [-0.3, -0.25) is 0 Å². The molecule has 108 valence electrons. The van der Waals surface area contributed by atoms with E-state index in [0.29, 0.717) is 5.82 Å². The highest BCUT2D eigenvalue weighted by Gasteiger charge is 2.11. The Bertz CT molecular complexity index is 646. The lowest BCUT2D eigenvalue weighted by atomic mass is 10.4. The molecule has 2 rings (SSSR count). The Balaban J connectivity index is 0.000000315. The van der Waals surface area contributed by atoms with Crippen molar-refractivity contribution in [1.29, 1.82) is 0 Å². The minimum atomic E-state index is -0.630. The van der Waals surface area contributed by atoms with Crippen LogP contribution < -0.4 is 0 Å². The molecule has 0 radical (unpaired) electrons. The Morgan fingerprint density at radius 1 is 1.29 bits per heavy atom. The quantitative estimate of drug-likeness (QED) is 0.443. The van der Waals surface area contributed by atoms with E-state index in [4.69, 9.17) is 0 Å². The Morgan fingerprint density at radius 2 is 2.05 bits per heavy atom. The zero-order valence-corrected chi connectivity index (χ0v) is 11.4. The van der Waals surface area contributed by atoms with Crippen molar-refractivity contribution in [2.75, 3.05) is 14.2 Å². The van der Waals surface area contributed by atoms with E-state index >= 15 is 0 Å². The normalized spacial score (nSPS) is 8.81. The van der Waals surface area contributed by atoms with Crippen LogP contribution in [-0.4, -0.2) is 46.1 Å². The van der Waals surface area contributed by atoms with Crippen LogP contribution in [0.25, 0.3) is 5.82 Å². The van der Waals surface area contributed by atoms with Gasteiger partial charge >= 0.3 is 11.9 Å². The van der Waals surface area contributed by atoms with Gasteiger partial charge in [0.25, 0.3) is 0 Å². The highest BCUT2D eigenvalue weighted by Crippen LogP contribution is 2.02. The Hall–Kier alpha value is -3.21. The van der Waals surface area contributed by atoms with Crippen LogP contribution in [0, 0.1) is 12.3 Å². The minimum Gasteiger partial charge on any atom is -0.464 e. The smallest absolute Gasteiger partial charge is 0.383 e. The summed E-state index contributed by atoms with van der Waals surface area (Å²) in [6, 6.07) is 5.37. The molecule has 0 aliphatic heterocycles. The Labute approximate surface area is 120 Å². The topological polar surface area (TPSA) is 96.2 Å². The molecule has 0 saturated heterocycles. The molecule has 2 aromatic rings. The van der Waals surface area contributed by atoms with Gasteiger partial charge in [0, 0.05) is 12.1 Å². The molecule has 0 spiro atoms. The second kappa shape index (κ2) is 8.06. The van der Waals surface area contributed by atoms with Gasteiger partial charge in [-0.05, 0) is 12.1 Å². The van der Waals surface area contributed by atoms with Crippen LogP contribution in [0.2, 0.25) is 0 Å². The van der Waals surface area contributed by atoms with Crippen LogP contribution in [0.3, 0.4) is 0 Å². The maximum atomic E-state index is 11.1. The van der Waals surface area contributed by atoms with Crippen LogP contribution in [0.5, 0.6) is 0 Å². The highest BCUT2D eigenvalue weighted by molar-refractivity contribution is 5.87. The molecule has 0 N–H and O–H groups in total. The summed E-state index contributed by atoms with van der Waals surface area (Å²) >= 11 is 0. The summed E-state index contributed by atoms with van der Waals surface area (Å²) < 4.78 is 9.94. The number of hydrogen-bond donors (Lipinski definition) is 0. The third-order valence-electron chi connectivity index (χ3n) is 2.08. The van der Waals surface area contributed by atoms with Crippen LogP contribution >= 0.6 is 0 Å². The van der Waals surface area contributed by atoms with Crippen LogP contribution in [0.4, 0.5) is 0 Å². The number of esters is 2. The first kappa shape index (κ1) is 15.8. The van der Waals surface area contributed by atoms with Gasteiger partial charge in [0.1, 0.15) is 0 Å². The molecule has 2 heterocycles. The second-order valence-corrected chi connectivity index (χ2v) is 3.36. The van der Waals surface area contributed by atoms with Gasteiger partial charge in [-0.15, -0.1) is 11.5 Å². The van der Waals surface area contributed by atoms with Crippen molar-refractivity contribution in [2.45, 2.75) is 0 Å². The van der Waals surface area contributed by atoms with Gasteiger partial charge in [-0.25, -0.2) is 19.3 Å². The van der Waals surface area contributed by atoms with Crippen molar-refractivity contribution in [3.63, 3.8) is 0 Å². The van der Waals surface area contributed by atoms with E-state index in [1.54, 1.807) is 24.3 Å². The molecule has 0 bridgehead atoms. The summed E-state index contributed by atoms with van der Waals surface area (Å²) in [5.74, 6) is 1.20. The predicted molar refractivity (Wildman–Crippen MR) is 71.3 cm³/mol. The van der Waals surface area contributed by atoms with E-state index in [1.807, 2.05) is 6.07 Å². The highest BCUT2D eigenvalue weighted by atomic mass is 16.5. The standard InChI is InChI=1S/C9H8N4O2.C4H4O2/c1-15-9(14)7-6-13(12-11-7)8-4-2-3-5-10-8;1-3-4(5)6-2/h2-6H,1H3;1H,2H3. The molecule has 8 nitrogen and oxygen atoms in total. The molecule has 0 unspecified atom stereocenters. The lowest BCUT2D eigenvalue weighted by Crippen LogP contribution is -2.01. The molecule has 21 heavy (non-hydrogen) atoms. The molecule has 0 saturated carbocycles. The minimum absolute atomic E-state index is 0.156. The first-order valence-corrected chi connectivity index (χ1v) is 5.59. The van der Waals surface area contributed by atoms with E-state index in [9.17, 15) is 9.59 Å². The van der Waals surface area contributed by atoms with Crippen molar-refractivity contribution in [1.82, 2.24) is 20.0 Å². The average Bonchev–Trinajstić information content (AvgIpc) is 3.04. The van der Waals surface area contributed by atoms with Crippen molar-refractivity contribution in [3.8, 4) is 18.2 Å². The van der Waals surface area contributed by atoms with Crippen LogP contribution in [0.15, 0.2) is 30.6 Å². The molecule has 8 heteroatoms. The number of methoxy groups -OCH3 is 2. The number of carbonyl (C=O) groups excluding carboxylic acids is 2. The lowest BCUT2D eigenvalue weighted by molar-refractivity contribution is -0.133. The number of hydrogen-bond acceptors (Lipinski definition) is 7. The van der Waals surface area contributed by atoms with E-state index in [0.717, 1.165) is 0 Å². The number of carbonyl (C=O) groups is 2. The number of pyridine rings is 1. The van der Waals surface area contributed by atoms with Gasteiger partial charge in [0.15, 0.2) is 11.5 Å². The van der Waals surface area contributed by atoms with Gasteiger partial charge in [-0.2, -0.15) is 0 Å². The summed E-state index contributed by atoms with van der Waals surface area (Å²) in [6.07, 6.45) is 7.66. The summed E-state index contributed by atoms with van der Waals surface area (Å²) in [7, 11) is 2.53. The SMILES string of the molecule is C#CC(=O)OC.COC(=O)c1cn(-c2ccccn2)nn1. The third kappa shape index (κ3) is 4.76. The molecule has 0 aliphatic carbocycles. The monoisotopic (exact) mass is 288 g/mol. The fraction of sp³-hybridized carbons (Fsp3) is 0.154. The molecular formula is C13H12N4O4. The van der Waals surface area contributed by atoms with E-state index in [1.165, 1.54) is 25.1 Å². The first-order chi connectivity index (χ1) is 10.1. The summed E-state index contributed by atoms with van der Waals surface area (Å²) in [4.78, 5) is 24.9. The van der Waals surface area contributed by atoms with Gasteiger partial charge in [0.05, 0.1) is 20.4 Å². The largest absolute Gasteiger partial charge is 0.464 e. The number of nitrogens with zero attached hydrogens (tertiary/aromatic N) is 4. The van der Waals surface area contributed by atoms with Crippen molar-refractivity contribution < 1.29 is 19.1 Å². The average molecular weight is 288 g/mol. The fourth-order valence-electron chi connectivity index (χ4n) is 1.12. The molecule has 0 fully saturated rings. The zero-order chi connectivity index (χ0) is 15.7.